The number of hydrogen-bond donors (Lipinski definition) is 3. The molecule has 24 heavy (non-hydrogen) atoms. The molecule has 0 fully saturated rings. The number of hydrazone groups is 1. The van der Waals surface area contributed by atoms with Crippen LogP contribution in [0.5, 0.6) is 5.75 Å². The van der Waals surface area contributed by atoms with Gasteiger partial charge in [0.15, 0.2) is 0 Å². The number of hydrogen-bond acceptors (Lipinski definition) is 4. The van der Waals surface area contributed by atoms with Gasteiger partial charge >= 0.3 is 0 Å². The molecule has 0 spiro atoms. The van der Waals surface area contributed by atoms with Gasteiger partial charge in [-0.2, -0.15) is 5.10 Å². The second kappa shape index (κ2) is 8.26. The van der Waals surface area contributed by atoms with Crippen molar-refractivity contribution in [2.75, 3.05) is 5.32 Å². The van der Waals surface area contributed by atoms with E-state index in [2.05, 4.69) is 31.8 Å². The van der Waals surface area contributed by atoms with Gasteiger partial charge in [0.1, 0.15) is 5.75 Å². The second-order valence-corrected chi connectivity index (χ2v) is 5.99. The van der Waals surface area contributed by atoms with Crippen LogP contribution in [0.25, 0.3) is 0 Å². The molecule has 6 nitrogen and oxygen atoms in total. The van der Waals surface area contributed by atoms with E-state index in [1.54, 1.807) is 31.2 Å². The minimum Gasteiger partial charge on any atom is -0.508 e. The molecule has 0 bridgehead atoms. The fourth-order valence-corrected chi connectivity index (χ4v) is 2.30. The number of carbonyl (C=O) groups excluding carboxylic acids is 2. The number of nitrogens with one attached hydrogen (secondary N) is 2. The van der Waals surface area contributed by atoms with E-state index in [9.17, 15) is 14.7 Å². The number of anilines is 1. The average Bonchev–Trinajstić information content (AvgIpc) is 2.52. The van der Waals surface area contributed by atoms with E-state index >= 15 is 0 Å². The van der Waals surface area contributed by atoms with Crippen LogP contribution in [0.2, 0.25) is 0 Å². The zero-order valence-corrected chi connectivity index (χ0v) is 14.5. The first-order valence-corrected chi connectivity index (χ1v) is 7.91. The number of rotatable bonds is 5. The summed E-state index contributed by atoms with van der Waals surface area (Å²) in [6.45, 7) is 1.64. The number of carbonyl (C=O) groups is 2. The number of amides is 2. The van der Waals surface area contributed by atoms with Crippen molar-refractivity contribution in [3.05, 3.63) is 58.6 Å². The molecule has 0 heterocycles. The predicted octanol–water partition coefficient (Wildman–Crippen LogP) is 3.29. The minimum absolute atomic E-state index is 0.00301. The Bertz CT molecular complexity index is 790. The molecule has 124 valence electrons. The van der Waals surface area contributed by atoms with Gasteiger partial charge in [0, 0.05) is 21.4 Å². The number of nitrogens with zero attached hydrogens (tertiary/aromatic N) is 1. The highest BCUT2D eigenvalue weighted by molar-refractivity contribution is 9.10. The number of halogens is 1. The molecule has 0 aliphatic rings. The van der Waals surface area contributed by atoms with Gasteiger partial charge in [0.25, 0.3) is 5.91 Å². The van der Waals surface area contributed by atoms with Crippen LogP contribution in [0.3, 0.4) is 0 Å². The molecule has 0 aromatic heterocycles. The Morgan fingerprint density at radius 3 is 2.62 bits per heavy atom. The molecule has 0 unspecified atom stereocenters. The summed E-state index contributed by atoms with van der Waals surface area (Å²) in [4.78, 5) is 23.8. The normalized spacial score (nSPS) is 11.0. The Labute approximate surface area is 147 Å². The monoisotopic (exact) mass is 389 g/mol. The number of benzene rings is 2. The second-order valence-electron chi connectivity index (χ2n) is 5.07. The predicted molar refractivity (Wildman–Crippen MR) is 96.1 cm³/mol. The minimum atomic E-state index is -0.461. The van der Waals surface area contributed by atoms with E-state index in [1.165, 1.54) is 12.1 Å². The lowest BCUT2D eigenvalue weighted by Gasteiger charge is -2.06. The Kier molecular flexibility index (Phi) is 6.08. The Hall–Kier alpha value is -2.67. The van der Waals surface area contributed by atoms with E-state index in [-0.39, 0.29) is 23.6 Å². The summed E-state index contributed by atoms with van der Waals surface area (Å²) in [6, 6.07) is 13.2. The smallest absolute Gasteiger partial charge is 0.271 e. The van der Waals surface area contributed by atoms with Crippen molar-refractivity contribution >= 4 is 39.1 Å². The number of phenols is 1. The molecule has 3 N–H and O–H groups in total. The van der Waals surface area contributed by atoms with Crippen LogP contribution in [0.1, 0.15) is 23.7 Å². The first kappa shape index (κ1) is 17.7. The summed E-state index contributed by atoms with van der Waals surface area (Å²) in [5, 5.41) is 16.0. The number of aromatic hydroxyl groups is 1. The third-order valence-electron chi connectivity index (χ3n) is 2.98. The summed E-state index contributed by atoms with van der Waals surface area (Å²) in [5.41, 5.74) is 3.76. The van der Waals surface area contributed by atoms with Gasteiger partial charge in [-0.1, -0.05) is 28.1 Å². The topological polar surface area (TPSA) is 90.8 Å². The van der Waals surface area contributed by atoms with Gasteiger partial charge in [0.05, 0.1) is 6.42 Å². The Balaban J connectivity index is 1.89. The largest absolute Gasteiger partial charge is 0.508 e. The molecule has 7 heteroatoms. The lowest BCUT2D eigenvalue weighted by atomic mass is 10.2. The van der Waals surface area contributed by atoms with Crippen LogP contribution in [0, 0.1) is 0 Å². The van der Waals surface area contributed by atoms with Crippen LogP contribution < -0.4 is 10.7 Å². The van der Waals surface area contributed by atoms with Gasteiger partial charge in [-0.15, -0.1) is 0 Å². The summed E-state index contributed by atoms with van der Waals surface area (Å²) in [7, 11) is 0. The SMILES string of the molecule is C/C(CC(=O)Nc1cccc(Br)c1)=N/NC(=O)c1cccc(O)c1. The molecule has 0 saturated heterocycles. The third kappa shape index (κ3) is 5.51. The van der Waals surface area contributed by atoms with Crippen LogP contribution in [-0.2, 0) is 4.79 Å². The van der Waals surface area contributed by atoms with E-state index in [0.717, 1.165) is 4.47 Å². The van der Waals surface area contributed by atoms with Crippen molar-refractivity contribution in [2.24, 2.45) is 5.10 Å². The third-order valence-corrected chi connectivity index (χ3v) is 3.47. The van der Waals surface area contributed by atoms with Gasteiger partial charge in [-0.25, -0.2) is 5.43 Å². The van der Waals surface area contributed by atoms with Gasteiger partial charge in [-0.05, 0) is 43.3 Å². The summed E-state index contributed by atoms with van der Waals surface area (Å²) in [5.74, 6) is -0.699. The molecule has 0 aliphatic carbocycles. The fraction of sp³-hybridized carbons (Fsp3) is 0.118. The van der Waals surface area contributed by atoms with Gasteiger partial charge in [-0.3, -0.25) is 9.59 Å². The molecule has 2 aromatic carbocycles. The highest BCUT2D eigenvalue weighted by atomic mass is 79.9. The first-order chi connectivity index (χ1) is 11.4. The molecule has 0 saturated carbocycles. The lowest BCUT2D eigenvalue weighted by Crippen LogP contribution is -2.21. The van der Waals surface area contributed by atoms with E-state index in [1.807, 2.05) is 12.1 Å². The standard InChI is InChI=1S/C17H16BrN3O3/c1-11(8-16(23)19-14-6-3-5-13(18)10-14)20-21-17(24)12-4-2-7-15(22)9-12/h2-7,9-10,22H,8H2,1H3,(H,19,23)(H,21,24)/b20-11-. The van der Waals surface area contributed by atoms with E-state index in [0.29, 0.717) is 11.4 Å². The van der Waals surface area contributed by atoms with Crippen LogP contribution in [0.15, 0.2) is 58.1 Å². The maximum Gasteiger partial charge on any atom is 0.271 e. The van der Waals surface area contributed by atoms with Crippen LogP contribution in [-0.4, -0.2) is 22.6 Å². The molecule has 2 aromatic rings. The maximum atomic E-state index is 11.9. The summed E-state index contributed by atoms with van der Waals surface area (Å²) in [6.07, 6.45) is 0.0484. The molecular weight excluding hydrogens is 374 g/mol. The molecule has 2 rings (SSSR count). The first-order valence-electron chi connectivity index (χ1n) is 7.12. The van der Waals surface area contributed by atoms with Crippen molar-refractivity contribution in [3.8, 4) is 5.75 Å². The molecular formula is C17H16BrN3O3. The quantitative estimate of drug-likeness (QED) is 0.541. The summed E-state index contributed by atoms with van der Waals surface area (Å²) < 4.78 is 0.865. The van der Waals surface area contributed by atoms with E-state index < -0.39 is 5.91 Å². The van der Waals surface area contributed by atoms with E-state index in [4.69, 9.17) is 0 Å². The van der Waals surface area contributed by atoms with Crippen molar-refractivity contribution in [3.63, 3.8) is 0 Å². The Morgan fingerprint density at radius 2 is 1.92 bits per heavy atom. The van der Waals surface area contributed by atoms with Gasteiger partial charge < -0.3 is 10.4 Å². The maximum absolute atomic E-state index is 11.9. The molecule has 0 atom stereocenters. The summed E-state index contributed by atoms with van der Waals surface area (Å²) >= 11 is 3.33. The number of phenolic OH excluding ortho intramolecular Hbond substituents is 1. The van der Waals surface area contributed by atoms with Crippen molar-refractivity contribution in [2.45, 2.75) is 13.3 Å². The van der Waals surface area contributed by atoms with Gasteiger partial charge in [0.2, 0.25) is 5.91 Å². The van der Waals surface area contributed by atoms with Crippen molar-refractivity contribution in [1.29, 1.82) is 0 Å². The van der Waals surface area contributed by atoms with Crippen LogP contribution in [0.4, 0.5) is 5.69 Å². The fourth-order valence-electron chi connectivity index (χ4n) is 1.90. The van der Waals surface area contributed by atoms with Crippen molar-refractivity contribution < 1.29 is 14.7 Å². The van der Waals surface area contributed by atoms with Crippen LogP contribution >= 0.6 is 15.9 Å². The zero-order valence-electron chi connectivity index (χ0n) is 12.9. The Morgan fingerprint density at radius 1 is 1.17 bits per heavy atom. The van der Waals surface area contributed by atoms with Crippen molar-refractivity contribution in [1.82, 2.24) is 5.43 Å². The highest BCUT2D eigenvalue weighted by Gasteiger charge is 2.07. The average molecular weight is 390 g/mol. The lowest BCUT2D eigenvalue weighted by molar-refractivity contribution is -0.115. The molecule has 0 aliphatic heterocycles. The molecule has 2 amide bonds. The highest BCUT2D eigenvalue weighted by Crippen LogP contribution is 2.15. The zero-order chi connectivity index (χ0) is 17.5. The molecule has 0 radical (unpaired) electrons.